The van der Waals surface area contributed by atoms with Crippen LogP contribution in [0.3, 0.4) is 0 Å². The molecular formula is C24H53N3O3. The Morgan fingerprint density at radius 3 is 1.43 bits per heavy atom. The normalized spacial score (nSPS) is 13.8. The number of hydrogen-bond acceptors (Lipinski definition) is 6. The van der Waals surface area contributed by atoms with E-state index in [4.69, 9.17) is 0 Å². The Hall–Kier alpha value is -0.240. The van der Waals surface area contributed by atoms with Crippen LogP contribution >= 0.6 is 0 Å². The second kappa shape index (κ2) is 23.4. The van der Waals surface area contributed by atoms with Crippen LogP contribution in [-0.2, 0) is 0 Å². The van der Waals surface area contributed by atoms with Gasteiger partial charge in [0.15, 0.2) is 0 Å². The summed E-state index contributed by atoms with van der Waals surface area (Å²) in [5.41, 5.74) is 0. The summed E-state index contributed by atoms with van der Waals surface area (Å²) in [4.78, 5) is 1.95. The Morgan fingerprint density at radius 2 is 1.03 bits per heavy atom. The molecule has 2 atom stereocenters. The lowest BCUT2D eigenvalue weighted by atomic mass is 10.1. The van der Waals surface area contributed by atoms with Crippen LogP contribution in [0.5, 0.6) is 0 Å². The zero-order valence-electron chi connectivity index (χ0n) is 20.1. The zero-order valence-corrected chi connectivity index (χ0v) is 20.1. The van der Waals surface area contributed by atoms with Gasteiger partial charge in [-0.1, -0.05) is 78.1 Å². The van der Waals surface area contributed by atoms with Crippen LogP contribution in [0.1, 0.15) is 90.9 Å². The van der Waals surface area contributed by atoms with Crippen molar-refractivity contribution in [2.45, 2.75) is 103 Å². The first kappa shape index (κ1) is 29.8. The molecule has 0 aromatic carbocycles. The third-order valence-electron chi connectivity index (χ3n) is 5.53. The van der Waals surface area contributed by atoms with Gasteiger partial charge in [0.05, 0.1) is 18.8 Å². The molecule has 0 heterocycles. The SMILES string of the molecule is CCCCCCCCNCC(O)CN(CCO)CC(O)CNCCCCCCCC. The molecule has 0 rings (SSSR count). The minimum Gasteiger partial charge on any atom is -0.395 e. The summed E-state index contributed by atoms with van der Waals surface area (Å²) >= 11 is 0. The molecule has 0 amide bonds. The van der Waals surface area contributed by atoms with E-state index in [1.54, 1.807) is 0 Å². The molecule has 0 spiro atoms. The Bertz CT molecular complexity index is 307. The van der Waals surface area contributed by atoms with Crippen LogP contribution in [0.2, 0.25) is 0 Å². The highest BCUT2D eigenvalue weighted by Crippen LogP contribution is 2.05. The summed E-state index contributed by atoms with van der Waals surface area (Å²) < 4.78 is 0. The first-order valence-corrected chi connectivity index (χ1v) is 12.7. The van der Waals surface area contributed by atoms with Crippen LogP contribution in [0.15, 0.2) is 0 Å². The highest BCUT2D eigenvalue weighted by atomic mass is 16.3. The van der Waals surface area contributed by atoms with Crippen LogP contribution in [0.25, 0.3) is 0 Å². The molecular weight excluding hydrogens is 378 g/mol. The van der Waals surface area contributed by atoms with Crippen molar-refractivity contribution in [2.24, 2.45) is 0 Å². The van der Waals surface area contributed by atoms with Crippen molar-refractivity contribution in [1.82, 2.24) is 15.5 Å². The van der Waals surface area contributed by atoms with E-state index in [1.165, 1.54) is 64.2 Å². The smallest absolute Gasteiger partial charge is 0.0791 e. The van der Waals surface area contributed by atoms with Gasteiger partial charge in [0.1, 0.15) is 0 Å². The lowest BCUT2D eigenvalue weighted by Crippen LogP contribution is -2.45. The molecule has 0 radical (unpaired) electrons. The maximum absolute atomic E-state index is 10.3. The van der Waals surface area contributed by atoms with Crippen LogP contribution in [0.4, 0.5) is 0 Å². The Morgan fingerprint density at radius 1 is 0.633 bits per heavy atom. The fraction of sp³-hybridized carbons (Fsp3) is 1.00. The van der Waals surface area contributed by atoms with E-state index >= 15 is 0 Å². The topological polar surface area (TPSA) is 88.0 Å². The largest absolute Gasteiger partial charge is 0.395 e. The van der Waals surface area contributed by atoms with Crippen LogP contribution in [-0.4, -0.2) is 84.8 Å². The molecule has 182 valence electrons. The van der Waals surface area contributed by atoms with Gasteiger partial charge >= 0.3 is 0 Å². The van der Waals surface area contributed by atoms with Crippen LogP contribution < -0.4 is 10.6 Å². The number of aliphatic hydroxyl groups is 3. The maximum Gasteiger partial charge on any atom is 0.0791 e. The summed E-state index contributed by atoms with van der Waals surface area (Å²) in [6, 6.07) is 0. The van der Waals surface area contributed by atoms with Gasteiger partial charge in [-0.15, -0.1) is 0 Å². The van der Waals surface area contributed by atoms with Gasteiger partial charge in [-0.05, 0) is 25.9 Å². The minimum absolute atomic E-state index is 0.0375. The number of rotatable bonds is 24. The molecule has 2 unspecified atom stereocenters. The number of aliphatic hydroxyl groups excluding tert-OH is 3. The summed E-state index contributed by atoms with van der Waals surface area (Å²) in [5.74, 6) is 0. The zero-order chi connectivity index (χ0) is 22.3. The first-order valence-electron chi connectivity index (χ1n) is 12.7. The quantitative estimate of drug-likeness (QED) is 0.151. The van der Waals surface area contributed by atoms with E-state index in [9.17, 15) is 15.3 Å². The molecule has 5 N–H and O–H groups in total. The molecule has 0 aromatic rings. The fourth-order valence-electron chi connectivity index (χ4n) is 3.72. The molecule has 0 saturated carbocycles. The van der Waals surface area contributed by atoms with Crippen molar-refractivity contribution in [2.75, 3.05) is 52.4 Å². The highest BCUT2D eigenvalue weighted by Gasteiger charge is 2.15. The average Bonchev–Trinajstić information content (AvgIpc) is 2.72. The molecule has 0 bridgehead atoms. The summed E-state index contributed by atoms with van der Waals surface area (Å²) in [7, 11) is 0. The number of nitrogens with one attached hydrogen (secondary N) is 2. The molecule has 6 nitrogen and oxygen atoms in total. The van der Waals surface area contributed by atoms with Gasteiger partial charge in [0.2, 0.25) is 0 Å². The predicted molar refractivity (Wildman–Crippen MR) is 128 cm³/mol. The maximum atomic E-state index is 10.3. The molecule has 0 aliphatic rings. The van der Waals surface area contributed by atoms with E-state index in [0.29, 0.717) is 32.7 Å². The average molecular weight is 432 g/mol. The van der Waals surface area contributed by atoms with Gasteiger partial charge < -0.3 is 26.0 Å². The van der Waals surface area contributed by atoms with Gasteiger partial charge in [-0.2, -0.15) is 0 Å². The van der Waals surface area contributed by atoms with Crippen molar-refractivity contribution < 1.29 is 15.3 Å². The van der Waals surface area contributed by atoms with E-state index < -0.39 is 12.2 Å². The van der Waals surface area contributed by atoms with Gasteiger partial charge in [0.25, 0.3) is 0 Å². The Labute approximate surface area is 186 Å². The second-order valence-corrected chi connectivity index (χ2v) is 8.73. The standard InChI is InChI=1S/C24H53N3O3/c1-3-5-7-9-11-13-15-25-19-23(29)21-27(17-18-28)22-24(30)20-26-16-14-12-10-8-6-4-2/h23-26,28-30H,3-22H2,1-2H3. The predicted octanol–water partition coefficient (Wildman–Crippen LogP) is 2.90. The summed E-state index contributed by atoms with van der Waals surface area (Å²) in [5, 5.41) is 36.5. The molecule has 0 saturated heterocycles. The van der Waals surface area contributed by atoms with Crippen molar-refractivity contribution >= 4 is 0 Å². The van der Waals surface area contributed by atoms with Crippen LogP contribution in [0, 0.1) is 0 Å². The first-order chi connectivity index (χ1) is 14.6. The minimum atomic E-state index is -0.486. The van der Waals surface area contributed by atoms with E-state index in [-0.39, 0.29) is 6.61 Å². The molecule has 30 heavy (non-hydrogen) atoms. The second-order valence-electron chi connectivity index (χ2n) is 8.73. The van der Waals surface area contributed by atoms with Gasteiger partial charge in [-0.3, -0.25) is 4.90 Å². The number of unbranched alkanes of at least 4 members (excludes halogenated alkanes) is 10. The lowest BCUT2D eigenvalue weighted by molar-refractivity contribution is 0.0595. The molecule has 0 fully saturated rings. The monoisotopic (exact) mass is 431 g/mol. The Kier molecular flexibility index (Phi) is 23.2. The summed E-state index contributed by atoms with van der Waals surface area (Å²) in [6.45, 7) is 8.91. The van der Waals surface area contributed by atoms with E-state index in [2.05, 4.69) is 24.5 Å². The third-order valence-corrected chi connectivity index (χ3v) is 5.53. The fourth-order valence-corrected chi connectivity index (χ4v) is 3.72. The van der Waals surface area contributed by atoms with Gasteiger partial charge in [0, 0.05) is 32.7 Å². The Balaban J connectivity index is 3.77. The van der Waals surface area contributed by atoms with Crippen molar-refractivity contribution in [3.8, 4) is 0 Å². The van der Waals surface area contributed by atoms with E-state index in [0.717, 1.165) is 25.9 Å². The van der Waals surface area contributed by atoms with Gasteiger partial charge in [-0.25, -0.2) is 0 Å². The van der Waals surface area contributed by atoms with Crippen molar-refractivity contribution in [1.29, 1.82) is 0 Å². The molecule has 6 heteroatoms. The lowest BCUT2D eigenvalue weighted by Gasteiger charge is -2.27. The third kappa shape index (κ3) is 21.0. The number of hydrogen-bond donors (Lipinski definition) is 5. The molecule has 0 aliphatic carbocycles. The molecule has 0 aliphatic heterocycles. The summed E-state index contributed by atoms with van der Waals surface area (Å²) in [6.07, 6.45) is 14.3. The molecule has 0 aromatic heterocycles. The highest BCUT2D eigenvalue weighted by molar-refractivity contribution is 4.72. The number of nitrogens with zero attached hydrogens (tertiary/aromatic N) is 1. The van der Waals surface area contributed by atoms with E-state index in [1.807, 2.05) is 4.90 Å². The van der Waals surface area contributed by atoms with Crippen molar-refractivity contribution in [3.05, 3.63) is 0 Å². The van der Waals surface area contributed by atoms with Crippen molar-refractivity contribution in [3.63, 3.8) is 0 Å².